The molecule has 0 N–H and O–H groups in total. The minimum absolute atomic E-state index is 0.0140. The number of carbonyl (C=O) groups is 4. The van der Waals surface area contributed by atoms with E-state index >= 15 is 0 Å². The Bertz CT molecular complexity index is 5810. The van der Waals surface area contributed by atoms with Crippen LogP contribution in [0, 0.1) is 34.6 Å². The van der Waals surface area contributed by atoms with E-state index in [4.69, 9.17) is 68.3 Å². The van der Waals surface area contributed by atoms with Crippen LogP contribution in [0.15, 0.2) is 170 Å². The highest BCUT2D eigenvalue weighted by Crippen LogP contribution is 2.39. The van der Waals surface area contributed by atoms with Crippen molar-refractivity contribution in [1.29, 1.82) is 0 Å². The Kier molecular flexibility index (Phi) is 30.3. The molecule has 4 saturated heterocycles. The number of esters is 2. The second kappa shape index (κ2) is 41.3. The fourth-order valence-electron chi connectivity index (χ4n) is 14.3. The molecule has 8 aromatic carbocycles. The van der Waals surface area contributed by atoms with Gasteiger partial charge in [0.2, 0.25) is 10.2 Å². The molecule has 28 heteroatoms. The zero-order valence-electron chi connectivity index (χ0n) is 72.9. The second-order valence-electron chi connectivity index (χ2n) is 34.0. The Morgan fingerprint density at radius 3 is 0.968 bits per heavy atom. The zero-order chi connectivity index (χ0) is 88.8. The molecule has 22 nitrogen and oxygen atoms in total. The second-order valence-corrected chi connectivity index (χ2v) is 36.8. The summed E-state index contributed by atoms with van der Waals surface area (Å²) in [5.41, 5.74) is 13.2. The molecule has 4 atom stereocenters. The van der Waals surface area contributed by atoms with Crippen LogP contribution in [0.2, 0.25) is 0 Å². The first-order valence-electron chi connectivity index (χ1n) is 42.3. The molecule has 8 heterocycles. The van der Waals surface area contributed by atoms with Crippen molar-refractivity contribution in [2.24, 2.45) is 11.3 Å². The van der Waals surface area contributed by atoms with Crippen molar-refractivity contribution < 1.29 is 65.2 Å². The van der Waals surface area contributed by atoms with Gasteiger partial charge in [0, 0.05) is 70.1 Å². The summed E-state index contributed by atoms with van der Waals surface area (Å²) in [6.45, 7) is 34.9. The smallest absolute Gasteiger partial charge is 0.338 e. The van der Waals surface area contributed by atoms with Gasteiger partial charge in [-0.15, -0.1) is 0 Å². The topological polar surface area (TPSA) is 240 Å². The average Bonchev–Trinajstić information content (AvgIpc) is 0.773. The molecule has 654 valence electrons. The quantitative estimate of drug-likeness (QED) is 0.0440. The maximum absolute atomic E-state index is 13.5. The molecular weight excluding hydrogens is 1630 g/mol. The van der Waals surface area contributed by atoms with Crippen molar-refractivity contribution >= 4 is 113 Å². The molecule has 4 aliphatic rings. The number of hydrogen-bond donors (Lipinski definition) is 0. The summed E-state index contributed by atoms with van der Waals surface area (Å²) in [4.78, 5) is 98.0. The Morgan fingerprint density at radius 1 is 0.400 bits per heavy atom. The van der Waals surface area contributed by atoms with Gasteiger partial charge in [0.1, 0.15) is 46.0 Å². The Hall–Kier alpha value is -11.1. The molecule has 12 aromatic rings. The van der Waals surface area contributed by atoms with Crippen LogP contribution in [0.1, 0.15) is 144 Å². The number of rotatable bonds is 18. The third-order valence-electron chi connectivity index (χ3n) is 20.9. The van der Waals surface area contributed by atoms with Gasteiger partial charge in [-0.2, -0.15) is 0 Å². The fourth-order valence-corrected chi connectivity index (χ4v) is 15.9. The fraction of sp³-hybridized carbons (Fsp3) is 0.381. The summed E-state index contributed by atoms with van der Waals surface area (Å²) >= 11 is 2.63. The lowest BCUT2D eigenvalue weighted by molar-refractivity contribution is 0.0366. The van der Waals surface area contributed by atoms with E-state index < -0.39 is 0 Å². The van der Waals surface area contributed by atoms with Crippen LogP contribution in [0.5, 0.6) is 0 Å². The van der Waals surface area contributed by atoms with Crippen LogP contribution >= 0.6 is 23.5 Å². The van der Waals surface area contributed by atoms with Crippen molar-refractivity contribution in [2.45, 2.75) is 132 Å². The van der Waals surface area contributed by atoms with Crippen molar-refractivity contribution in [2.75, 3.05) is 118 Å². The van der Waals surface area contributed by atoms with Gasteiger partial charge >= 0.3 is 11.9 Å². The predicted octanol–water partition coefficient (Wildman–Crippen LogP) is 20.0. The number of benzene rings is 8. The highest BCUT2D eigenvalue weighted by atomic mass is 32.2. The normalized spacial score (nSPS) is 16.8. The molecule has 4 aromatic heterocycles. The molecule has 0 aliphatic carbocycles. The molecular formula is C97H106F4N12O10S2. The molecule has 0 bridgehead atoms. The standard InChI is InChI=1S/C25H28FN3O3.C24H26FN3O3.2C24H26FN3O2S/c1-16-14-31-12-11-29(16)23-22(17-5-8-19(26)9-6-17)27-20-10-7-18(13-21(20)28-23)24(30)32-15-25(2,3)4;1-3-4-12-31-24(29)18-7-10-20-21(14-18)27-23(28-11-13-30-15-16(28)2)22(26-20)17-5-8-19(25)9-6-17;1-15-14-30-12-11-28(15)22-21(16-5-8-18(25)9-6-16)26-19-10-7-17(13-20(19)27-22)23(29)31-24(2,3)4;1-15(2)14-31-24(29)18-6-9-20-21(12-18)27-23(28-10-11-30-13-16(28)3)22(26-20)17-4-7-19(25)8-5-17/h5-10,13,16H,11-12,14-15H2,1-4H3;5-10,14,16H,3-4,11-13,15H2,1-2H3;5-10,13,15H,11-12,14H2,1-4H3;4-9,12,15-16H,10-11,13-14H2,1-3H3/t2*16-;15-;16-/m0000/s1. The van der Waals surface area contributed by atoms with E-state index in [1.807, 2.05) is 72.7 Å². The molecule has 125 heavy (non-hydrogen) atoms. The van der Waals surface area contributed by atoms with Crippen LogP contribution in [0.3, 0.4) is 0 Å². The molecule has 0 amide bonds. The van der Waals surface area contributed by atoms with E-state index in [9.17, 15) is 36.7 Å². The number of aromatic nitrogens is 8. The third kappa shape index (κ3) is 23.7. The van der Waals surface area contributed by atoms with Crippen LogP contribution in [0.4, 0.5) is 40.8 Å². The van der Waals surface area contributed by atoms with Gasteiger partial charge in [0.05, 0.1) is 145 Å². The van der Waals surface area contributed by atoms with Gasteiger partial charge in [0.25, 0.3) is 0 Å². The number of anilines is 4. The summed E-state index contributed by atoms with van der Waals surface area (Å²) in [6.07, 6.45) is 1.79. The number of nitrogens with zero attached hydrogens (tertiary/aromatic N) is 12. The van der Waals surface area contributed by atoms with E-state index in [1.165, 1.54) is 72.1 Å². The lowest BCUT2D eigenvalue weighted by Crippen LogP contribution is -2.44. The summed E-state index contributed by atoms with van der Waals surface area (Å²) in [7, 11) is 0. The summed E-state index contributed by atoms with van der Waals surface area (Å²) in [5, 5.41) is 0.0569. The van der Waals surface area contributed by atoms with E-state index in [1.54, 1.807) is 97.1 Å². The SMILES string of the molecule is CC(C)CSC(=O)c1ccc2nc(-c3ccc(F)cc3)c(N3CCOC[C@@H]3C)nc2c1.CCCCOC(=O)c1ccc2nc(-c3ccc(F)cc3)c(N3CCOC[C@@H]3C)nc2c1.C[C@H]1COCCN1c1nc2cc(C(=O)OCC(C)(C)C)ccc2nc1-c1ccc(F)cc1.C[C@H]1COCCN1c1nc2cc(C(=O)SC(C)(C)C)ccc2nc1-c1ccc(F)cc1. The van der Waals surface area contributed by atoms with Gasteiger partial charge in [0.15, 0.2) is 23.3 Å². The third-order valence-corrected chi connectivity index (χ3v) is 23.2. The number of morpholine rings is 4. The van der Waals surface area contributed by atoms with Crippen molar-refractivity contribution in [3.05, 3.63) is 215 Å². The molecule has 16 rings (SSSR count). The Balaban J connectivity index is 0.000000143. The number of ether oxygens (including phenoxy) is 6. The van der Waals surface area contributed by atoms with Crippen molar-refractivity contribution in [1.82, 2.24) is 39.9 Å². The highest BCUT2D eigenvalue weighted by Gasteiger charge is 2.32. The first kappa shape index (κ1) is 91.6. The highest BCUT2D eigenvalue weighted by molar-refractivity contribution is 8.15. The number of thioether (sulfide) groups is 2. The van der Waals surface area contributed by atoms with E-state index in [-0.39, 0.29) is 79.8 Å². The first-order chi connectivity index (χ1) is 59.9. The number of unbranched alkanes of at least 4 members (excludes halogenated alkanes) is 1. The van der Waals surface area contributed by atoms with Gasteiger partial charge in [-0.3, -0.25) is 9.59 Å². The van der Waals surface area contributed by atoms with Crippen molar-refractivity contribution in [3.8, 4) is 45.0 Å². The maximum Gasteiger partial charge on any atom is 0.338 e. The lowest BCUT2D eigenvalue weighted by Gasteiger charge is -2.35. The Morgan fingerprint density at radius 2 is 0.688 bits per heavy atom. The zero-order valence-corrected chi connectivity index (χ0v) is 74.5. The minimum atomic E-state index is -0.382. The van der Waals surface area contributed by atoms with Gasteiger partial charge in [-0.25, -0.2) is 67.0 Å². The predicted molar refractivity (Wildman–Crippen MR) is 488 cm³/mol. The summed E-state index contributed by atoms with van der Waals surface area (Å²) in [5.74, 6) is 2.15. The van der Waals surface area contributed by atoms with Crippen LogP contribution in [-0.4, -0.2) is 189 Å². The number of fused-ring (bicyclic) bond motifs is 4. The summed E-state index contributed by atoms with van der Waals surface area (Å²) in [6, 6.07) is 46.9. The largest absolute Gasteiger partial charge is 0.462 e. The van der Waals surface area contributed by atoms with Crippen LogP contribution in [0.25, 0.3) is 89.2 Å². The number of hydrogen-bond acceptors (Lipinski definition) is 24. The lowest BCUT2D eigenvalue weighted by atomic mass is 9.99. The molecule has 4 aliphatic heterocycles. The molecule has 0 saturated carbocycles. The molecule has 0 radical (unpaired) electrons. The van der Waals surface area contributed by atoms with E-state index in [2.05, 4.69) is 61.1 Å². The molecule has 0 spiro atoms. The van der Waals surface area contributed by atoms with Crippen LogP contribution in [-0.2, 0) is 28.4 Å². The molecule has 4 fully saturated rings. The number of carbonyl (C=O) groups excluding carboxylic acids is 4. The average molecular weight is 1740 g/mol. The van der Waals surface area contributed by atoms with E-state index in [0.717, 1.165) is 52.5 Å². The number of halogens is 4. The first-order valence-corrected chi connectivity index (χ1v) is 44.1. The molecule has 0 unspecified atom stereocenters. The minimum Gasteiger partial charge on any atom is -0.462 e. The van der Waals surface area contributed by atoms with Crippen LogP contribution < -0.4 is 19.6 Å². The Labute approximate surface area is 735 Å². The maximum atomic E-state index is 13.5. The summed E-state index contributed by atoms with van der Waals surface area (Å²) < 4.78 is 87.0. The van der Waals surface area contributed by atoms with Gasteiger partial charge < -0.3 is 48.0 Å². The van der Waals surface area contributed by atoms with E-state index in [0.29, 0.717) is 199 Å². The monoisotopic (exact) mass is 1740 g/mol. The van der Waals surface area contributed by atoms with Gasteiger partial charge in [-0.1, -0.05) is 92.3 Å². The van der Waals surface area contributed by atoms with Crippen molar-refractivity contribution in [3.63, 3.8) is 0 Å². The van der Waals surface area contributed by atoms with Gasteiger partial charge in [-0.05, 0) is 215 Å².